The molecule has 1 unspecified atom stereocenters. The molecule has 1 saturated heterocycles. The SMILES string of the molecule is CC(C)(C)N(CCC(=O)O)C(=O)CC1CCCNC1. The minimum Gasteiger partial charge on any atom is -0.481 e. The summed E-state index contributed by atoms with van der Waals surface area (Å²) in [6.07, 6.45) is 2.72. The van der Waals surface area contributed by atoms with Gasteiger partial charge in [-0.3, -0.25) is 9.59 Å². The molecule has 0 spiro atoms. The summed E-state index contributed by atoms with van der Waals surface area (Å²) < 4.78 is 0. The topological polar surface area (TPSA) is 69.6 Å². The number of hydrogen-bond donors (Lipinski definition) is 2. The smallest absolute Gasteiger partial charge is 0.305 e. The zero-order valence-electron chi connectivity index (χ0n) is 12.2. The Bertz CT molecular complexity index is 317. The van der Waals surface area contributed by atoms with E-state index in [4.69, 9.17) is 5.11 Å². The number of carbonyl (C=O) groups is 2. The molecule has 0 saturated carbocycles. The van der Waals surface area contributed by atoms with Gasteiger partial charge in [0.2, 0.25) is 5.91 Å². The van der Waals surface area contributed by atoms with Gasteiger partial charge in [0.05, 0.1) is 6.42 Å². The number of aliphatic carboxylic acids is 1. The number of rotatable bonds is 5. The third kappa shape index (κ3) is 5.59. The zero-order chi connectivity index (χ0) is 14.5. The summed E-state index contributed by atoms with van der Waals surface area (Å²) in [6.45, 7) is 8.07. The summed E-state index contributed by atoms with van der Waals surface area (Å²) in [4.78, 5) is 24.8. The van der Waals surface area contributed by atoms with Crippen LogP contribution in [0.15, 0.2) is 0 Å². The van der Waals surface area contributed by atoms with Gasteiger partial charge in [-0.15, -0.1) is 0 Å². The normalized spacial score (nSPS) is 20.1. The summed E-state index contributed by atoms with van der Waals surface area (Å²) in [6, 6.07) is 0. The van der Waals surface area contributed by atoms with E-state index < -0.39 is 5.97 Å². The van der Waals surface area contributed by atoms with Gasteiger partial charge in [0.1, 0.15) is 0 Å². The molecule has 2 N–H and O–H groups in total. The van der Waals surface area contributed by atoms with Gasteiger partial charge in [0.15, 0.2) is 0 Å². The lowest BCUT2D eigenvalue weighted by Crippen LogP contribution is -2.47. The fourth-order valence-electron chi connectivity index (χ4n) is 2.50. The van der Waals surface area contributed by atoms with Crippen LogP contribution in [0.1, 0.15) is 46.5 Å². The Kier molecular flexibility index (Phi) is 5.79. The molecular weight excluding hydrogens is 244 g/mol. The highest BCUT2D eigenvalue weighted by molar-refractivity contribution is 5.78. The number of carbonyl (C=O) groups excluding carboxylic acids is 1. The molecule has 1 aliphatic rings. The first-order valence-electron chi connectivity index (χ1n) is 7.03. The summed E-state index contributed by atoms with van der Waals surface area (Å²) in [7, 11) is 0. The average Bonchev–Trinajstić information content (AvgIpc) is 2.28. The molecule has 0 aliphatic carbocycles. The summed E-state index contributed by atoms with van der Waals surface area (Å²) in [5.74, 6) is -0.403. The van der Waals surface area contributed by atoms with Gasteiger partial charge >= 0.3 is 5.97 Å². The highest BCUT2D eigenvalue weighted by atomic mass is 16.4. The van der Waals surface area contributed by atoms with E-state index >= 15 is 0 Å². The van der Waals surface area contributed by atoms with Crippen molar-refractivity contribution in [3.63, 3.8) is 0 Å². The molecule has 5 nitrogen and oxygen atoms in total. The molecule has 1 atom stereocenters. The lowest BCUT2D eigenvalue weighted by atomic mass is 9.94. The number of hydrogen-bond acceptors (Lipinski definition) is 3. The molecule has 110 valence electrons. The second-order valence-corrected chi connectivity index (χ2v) is 6.28. The zero-order valence-corrected chi connectivity index (χ0v) is 12.2. The van der Waals surface area contributed by atoms with Crippen molar-refractivity contribution in [3.8, 4) is 0 Å². The first-order valence-corrected chi connectivity index (χ1v) is 7.03. The van der Waals surface area contributed by atoms with E-state index in [-0.39, 0.29) is 24.4 Å². The van der Waals surface area contributed by atoms with Crippen molar-refractivity contribution < 1.29 is 14.7 Å². The molecule has 0 bridgehead atoms. The number of carboxylic acid groups (broad SMARTS) is 1. The van der Waals surface area contributed by atoms with Crippen LogP contribution in [0, 0.1) is 5.92 Å². The first-order chi connectivity index (χ1) is 8.80. The van der Waals surface area contributed by atoms with Crippen LogP contribution in [0.2, 0.25) is 0 Å². The molecule has 0 aromatic carbocycles. The van der Waals surface area contributed by atoms with Gasteiger partial charge in [-0.25, -0.2) is 0 Å². The van der Waals surface area contributed by atoms with Crippen LogP contribution in [0.3, 0.4) is 0 Å². The minimum atomic E-state index is -0.860. The van der Waals surface area contributed by atoms with Crippen LogP contribution in [-0.4, -0.2) is 47.1 Å². The van der Waals surface area contributed by atoms with E-state index in [0.717, 1.165) is 25.9 Å². The van der Waals surface area contributed by atoms with Gasteiger partial charge in [-0.05, 0) is 52.6 Å². The maximum Gasteiger partial charge on any atom is 0.305 e. The van der Waals surface area contributed by atoms with E-state index in [9.17, 15) is 9.59 Å². The van der Waals surface area contributed by atoms with Gasteiger partial charge in [-0.2, -0.15) is 0 Å². The minimum absolute atomic E-state index is 0.00588. The molecular formula is C14H26N2O3. The number of nitrogens with zero attached hydrogens (tertiary/aromatic N) is 1. The van der Waals surface area contributed by atoms with Crippen LogP contribution in [0.25, 0.3) is 0 Å². The van der Waals surface area contributed by atoms with E-state index in [0.29, 0.717) is 12.3 Å². The van der Waals surface area contributed by atoms with E-state index in [1.807, 2.05) is 20.8 Å². The van der Waals surface area contributed by atoms with Crippen molar-refractivity contribution in [1.82, 2.24) is 10.2 Å². The van der Waals surface area contributed by atoms with Crippen LogP contribution < -0.4 is 5.32 Å². The summed E-state index contributed by atoms with van der Waals surface area (Å²) in [5, 5.41) is 12.1. The lowest BCUT2D eigenvalue weighted by molar-refractivity contribution is -0.141. The molecule has 1 rings (SSSR count). The fraction of sp³-hybridized carbons (Fsp3) is 0.857. The molecule has 19 heavy (non-hydrogen) atoms. The number of carboxylic acids is 1. The summed E-state index contributed by atoms with van der Waals surface area (Å²) in [5.41, 5.74) is -0.325. The van der Waals surface area contributed by atoms with E-state index in [2.05, 4.69) is 5.32 Å². The largest absolute Gasteiger partial charge is 0.481 e. The molecule has 5 heteroatoms. The third-order valence-corrected chi connectivity index (χ3v) is 3.52. The Balaban J connectivity index is 2.57. The number of nitrogens with one attached hydrogen (secondary N) is 1. The standard InChI is InChI=1S/C14H26N2O3/c1-14(2,3)16(8-6-13(18)19)12(17)9-11-5-4-7-15-10-11/h11,15H,4-10H2,1-3H3,(H,18,19). The van der Waals surface area contributed by atoms with Crippen molar-refractivity contribution >= 4 is 11.9 Å². The first kappa shape index (κ1) is 16.0. The Morgan fingerprint density at radius 2 is 2.05 bits per heavy atom. The highest BCUT2D eigenvalue weighted by Gasteiger charge is 2.28. The van der Waals surface area contributed by atoms with Crippen molar-refractivity contribution in [2.75, 3.05) is 19.6 Å². The molecule has 1 heterocycles. The van der Waals surface area contributed by atoms with E-state index in [1.165, 1.54) is 0 Å². The van der Waals surface area contributed by atoms with E-state index in [1.54, 1.807) is 4.90 Å². The lowest BCUT2D eigenvalue weighted by Gasteiger charge is -2.37. The van der Waals surface area contributed by atoms with Crippen molar-refractivity contribution in [1.29, 1.82) is 0 Å². The maximum atomic E-state index is 12.4. The average molecular weight is 270 g/mol. The monoisotopic (exact) mass is 270 g/mol. The fourth-order valence-corrected chi connectivity index (χ4v) is 2.50. The van der Waals surface area contributed by atoms with Gasteiger partial charge in [0, 0.05) is 18.5 Å². The maximum absolute atomic E-state index is 12.4. The molecule has 0 radical (unpaired) electrons. The molecule has 0 aromatic heterocycles. The Morgan fingerprint density at radius 3 is 2.53 bits per heavy atom. The van der Waals surface area contributed by atoms with Crippen LogP contribution >= 0.6 is 0 Å². The summed E-state index contributed by atoms with van der Waals surface area (Å²) >= 11 is 0. The van der Waals surface area contributed by atoms with Crippen LogP contribution in [0.4, 0.5) is 0 Å². The predicted octanol–water partition coefficient (Wildman–Crippen LogP) is 1.48. The molecule has 1 amide bonds. The quantitative estimate of drug-likeness (QED) is 0.794. The highest BCUT2D eigenvalue weighted by Crippen LogP contribution is 2.20. The molecule has 1 fully saturated rings. The second-order valence-electron chi connectivity index (χ2n) is 6.28. The molecule has 0 aromatic rings. The number of piperidine rings is 1. The second kappa shape index (κ2) is 6.89. The Hall–Kier alpha value is -1.10. The van der Waals surface area contributed by atoms with Crippen LogP contribution in [-0.2, 0) is 9.59 Å². The van der Waals surface area contributed by atoms with Crippen molar-refractivity contribution in [2.45, 2.75) is 52.0 Å². The van der Waals surface area contributed by atoms with Gasteiger partial charge in [-0.1, -0.05) is 0 Å². The Morgan fingerprint density at radius 1 is 1.37 bits per heavy atom. The van der Waals surface area contributed by atoms with Gasteiger partial charge in [0.25, 0.3) is 0 Å². The molecule has 1 aliphatic heterocycles. The Labute approximate surface area is 115 Å². The van der Waals surface area contributed by atoms with Crippen molar-refractivity contribution in [2.24, 2.45) is 5.92 Å². The van der Waals surface area contributed by atoms with Gasteiger partial charge < -0.3 is 15.3 Å². The third-order valence-electron chi connectivity index (χ3n) is 3.52. The van der Waals surface area contributed by atoms with Crippen LogP contribution in [0.5, 0.6) is 0 Å². The predicted molar refractivity (Wildman–Crippen MR) is 73.9 cm³/mol. The van der Waals surface area contributed by atoms with Crippen molar-refractivity contribution in [3.05, 3.63) is 0 Å². The number of amides is 1.